The molecule has 0 aliphatic heterocycles. The van der Waals surface area contributed by atoms with Gasteiger partial charge in [0.2, 0.25) is 7.29 Å². The van der Waals surface area contributed by atoms with Gasteiger partial charge in [0.05, 0.1) is 0 Å². The molecule has 0 aliphatic carbocycles. The fraction of sp³-hybridized carbons (Fsp3) is 0.120. The van der Waals surface area contributed by atoms with E-state index in [1.807, 2.05) is 60.7 Å². The minimum atomic E-state index is -2.97. The van der Waals surface area contributed by atoms with E-state index in [2.05, 4.69) is 54.5 Å². The molecular weight excluding hydrogens is 361 g/mol. The van der Waals surface area contributed by atoms with E-state index in [1.54, 1.807) is 0 Å². The largest absolute Gasteiger partial charge is 0.297 e. The van der Waals surface area contributed by atoms with Crippen LogP contribution in [0.4, 0.5) is 0 Å². The van der Waals surface area contributed by atoms with Gasteiger partial charge in [-0.25, -0.2) is 0 Å². The molecule has 1 unspecified atom stereocenters. The lowest BCUT2D eigenvalue weighted by Gasteiger charge is -2.27. The first-order valence-corrected chi connectivity index (χ1v) is 11.4. The second-order valence-corrected chi connectivity index (χ2v) is 9.49. The maximum Gasteiger partial charge on any atom is 0.205 e. The van der Waals surface area contributed by atoms with E-state index in [4.69, 9.17) is 0 Å². The molecule has 1 atom stereocenters. The van der Waals surface area contributed by atoms with Gasteiger partial charge in [0.25, 0.3) is 0 Å². The van der Waals surface area contributed by atoms with Gasteiger partial charge in [-0.2, -0.15) is 0 Å². The van der Waals surface area contributed by atoms with Crippen molar-refractivity contribution >= 4 is 28.7 Å². The zero-order valence-corrected chi connectivity index (χ0v) is 16.8. The van der Waals surface area contributed by atoms with Gasteiger partial charge >= 0.3 is 0 Å². The molecule has 1 N–H and O–H groups in total. The van der Waals surface area contributed by atoms with Crippen molar-refractivity contribution in [2.24, 2.45) is 0 Å². The smallest absolute Gasteiger partial charge is 0.205 e. The van der Waals surface area contributed by atoms with E-state index < -0.39 is 7.29 Å². The molecule has 140 valence electrons. The van der Waals surface area contributed by atoms with Gasteiger partial charge in [-0.3, -0.25) is 9.65 Å². The Hall–Kier alpha value is -2.67. The van der Waals surface area contributed by atoms with Crippen LogP contribution in [-0.2, 0) is 4.57 Å². The molecule has 0 saturated carbocycles. The Labute approximate surface area is 166 Å². The zero-order chi connectivity index (χ0) is 19.4. The third kappa shape index (κ3) is 3.67. The van der Waals surface area contributed by atoms with Gasteiger partial charge in [-0.1, -0.05) is 79.7 Å². The number of hydrogen-bond donors (Lipinski definition) is 1. The van der Waals surface area contributed by atoms with Crippen molar-refractivity contribution in [3.63, 3.8) is 0 Å². The minimum Gasteiger partial charge on any atom is -0.297 e. The van der Waals surface area contributed by atoms with Crippen LogP contribution in [0.5, 0.6) is 0 Å². The molecule has 2 nitrogen and oxygen atoms in total. The quantitative estimate of drug-likeness (QED) is 0.424. The van der Waals surface area contributed by atoms with E-state index in [0.29, 0.717) is 0 Å². The van der Waals surface area contributed by atoms with E-state index in [1.165, 1.54) is 10.8 Å². The fourth-order valence-electron chi connectivity index (χ4n) is 3.62. The normalized spacial score (nSPS) is 12.8. The summed E-state index contributed by atoms with van der Waals surface area (Å²) in [5.74, 6) is 0. The summed E-state index contributed by atoms with van der Waals surface area (Å²) in [6, 6.07) is 34.4. The lowest BCUT2D eigenvalue weighted by atomic mass is 10.0. The Kier molecular flexibility index (Phi) is 5.43. The van der Waals surface area contributed by atoms with Crippen molar-refractivity contribution in [2.45, 2.75) is 19.4 Å². The molecular formula is C25H24NOP. The molecule has 0 aliphatic rings. The van der Waals surface area contributed by atoms with Crippen LogP contribution in [0.2, 0.25) is 0 Å². The standard InChI is InChI=1S/C25H24NOP/c1-2-25(22-18-17-20-11-9-10-12-21(20)19-22)26-28(27,23-13-5-3-6-14-23)24-15-7-4-8-16-24/h3-19,25H,2H2,1H3,(H,26,27). The van der Waals surface area contributed by atoms with Crippen LogP contribution in [-0.4, -0.2) is 0 Å². The molecule has 0 saturated heterocycles. The fourth-order valence-corrected chi connectivity index (χ4v) is 6.17. The van der Waals surface area contributed by atoms with E-state index in [9.17, 15) is 4.57 Å². The summed E-state index contributed by atoms with van der Waals surface area (Å²) in [6.45, 7) is 2.13. The maximum absolute atomic E-state index is 14.3. The average Bonchev–Trinajstić information content (AvgIpc) is 2.78. The van der Waals surface area contributed by atoms with Crippen LogP contribution < -0.4 is 15.7 Å². The Bertz CT molecular complexity index is 1070. The van der Waals surface area contributed by atoms with E-state index in [0.717, 1.165) is 22.6 Å². The van der Waals surface area contributed by atoms with Crippen molar-refractivity contribution < 1.29 is 4.57 Å². The maximum atomic E-state index is 14.3. The molecule has 0 aromatic heterocycles. The second kappa shape index (κ2) is 8.14. The molecule has 0 radical (unpaired) electrons. The van der Waals surface area contributed by atoms with Crippen molar-refractivity contribution in [3.05, 3.63) is 109 Å². The topological polar surface area (TPSA) is 29.1 Å². The molecule has 28 heavy (non-hydrogen) atoms. The van der Waals surface area contributed by atoms with Gasteiger partial charge in [0.1, 0.15) is 0 Å². The van der Waals surface area contributed by atoms with Gasteiger partial charge in [-0.15, -0.1) is 0 Å². The predicted octanol–water partition coefficient (Wildman–Crippen LogP) is 5.81. The number of fused-ring (bicyclic) bond motifs is 1. The van der Waals surface area contributed by atoms with Crippen LogP contribution in [0, 0.1) is 0 Å². The summed E-state index contributed by atoms with van der Waals surface area (Å²) in [6.07, 6.45) is 0.849. The van der Waals surface area contributed by atoms with Gasteiger partial charge in [-0.05, 0) is 53.1 Å². The predicted molar refractivity (Wildman–Crippen MR) is 120 cm³/mol. The molecule has 0 spiro atoms. The highest BCUT2D eigenvalue weighted by Crippen LogP contribution is 2.42. The average molecular weight is 385 g/mol. The summed E-state index contributed by atoms with van der Waals surface area (Å²) in [7, 11) is -2.97. The Morgan fingerprint density at radius 3 is 1.82 bits per heavy atom. The number of benzene rings is 4. The van der Waals surface area contributed by atoms with Gasteiger partial charge in [0.15, 0.2) is 0 Å². The molecule has 4 aromatic carbocycles. The molecule has 4 rings (SSSR count). The SMILES string of the molecule is CCC(NP(=O)(c1ccccc1)c1ccccc1)c1ccc2ccccc2c1. The monoisotopic (exact) mass is 385 g/mol. The van der Waals surface area contributed by atoms with Crippen LogP contribution in [0.3, 0.4) is 0 Å². The Balaban J connectivity index is 1.77. The summed E-state index contributed by atoms with van der Waals surface area (Å²) in [5, 5.41) is 7.64. The van der Waals surface area contributed by atoms with Gasteiger partial charge in [0, 0.05) is 16.7 Å². The molecule has 0 fully saturated rings. The van der Waals surface area contributed by atoms with Crippen LogP contribution in [0.25, 0.3) is 10.8 Å². The first kappa shape index (κ1) is 18.7. The highest BCUT2D eigenvalue weighted by Gasteiger charge is 2.30. The van der Waals surface area contributed by atoms with Crippen LogP contribution >= 0.6 is 7.29 Å². The lowest BCUT2D eigenvalue weighted by molar-refractivity contribution is 0.556. The highest BCUT2D eigenvalue weighted by molar-refractivity contribution is 7.76. The molecule has 0 amide bonds. The molecule has 0 bridgehead atoms. The van der Waals surface area contributed by atoms with Crippen molar-refractivity contribution in [1.82, 2.24) is 5.09 Å². The summed E-state index contributed by atoms with van der Waals surface area (Å²) < 4.78 is 14.3. The van der Waals surface area contributed by atoms with E-state index in [-0.39, 0.29) is 6.04 Å². The van der Waals surface area contributed by atoms with Crippen molar-refractivity contribution in [1.29, 1.82) is 0 Å². The minimum absolute atomic E-state index is 0.00384. The third-order valence-electron chi connectivity index (χ3n) is 5.16. The van der Waals surface area contributed by atoms with Crippen LogP contribution in [0.1, 0.15) is 24.9 Å². The molecule has 0 heterocycles. The van der Waals surface area contributed by atoms with Crippen LogP contribution in [0.15, 0.2) is 103 Å². The second-order valence-electron chi connectivity index (χ2n) is 6.98. The number of nitrogens with one attached hydrogen (secondary N) is 1. The van der Waals surface area contributed by atoms with E-state index >= 15 is 0 Å². The van der Waals surface area contributed by atoms with Crippen molar-refractivity contribution in [3.8, 4) is 0 Å². The van der Waals surface area contributed by atoms with Gasteiger partial charge < -0.3 is 0 Å². The number of rotatable bonds is 6. The van der Waals surface area contributed by atoms with Crippen molar-refractivity contribution in [2.75, 3.05) is 0 Å². The number of hydrogen-bond acceptors (Lipinski definition) is 1. The molecule has 4 aromatic rings. The third-order valence-corrected chi connectivity index (χ3v) is 7.89. The lowest BCUT2D eigenvalue weighted by Crippen LogP contribution is -2.30. The highest BCUT2D eigenvalue weighted by atomic mass is 31.2. The summed E-state index contributed by atoms with van der Waals surface area (Å²) in [4.78, 5) is 0. The Morgan fingerprint density at radius 2 is 1.25 bits per heavy atom. The Morgan fingerprint density at radius 1 is 0.714 bits per heavy atom. The molecule has 3 heteroatoms. The summed E-state index contributed by atoms with van der Waals surface area (Å²) >= 11 is 0. The first-order chi connectivity index (χ1) is 13.7. The summed E-state index contributed by atoms with van der Waals surface area (Å²) in [5.41, 5.74) is 1.16. The zero-order valence-electron chi connectivity index (χ0n) is 16.0. The first-order valence-electron chi connectivity index (χ1n) is 9.68.